The maximum atomic E-state index is 4.61. The van der Waals surface area contributed by atoms with Gasteiger partial charge < -0.3 is 7.43 Å². The molecule has 96 valence electrons. The van der Waals surface area contributed by atoms with E-state index in [1.807, 2.05) is 48.5 Å². The quantitative estimate of drug-likeness (QED) is 0.458. The summed E-state index contributed by atoms with van der Waals surface area (Å²) < 4.78 is 0. The van der Waals surface area contributed by atoms with Crippen molar-refractivity contribution >= 4 is 10.9 Å². The standard InChI is InChI=1S/C15H10N.CH3.Ir.Y/c1-2-6-12(7-3-1)15-11-10-13-8-4-5-9-14(13)16-15;;;/h1-6,8-11H;1H3;;/q2*-1;;. The summed E-state index contributed by atoms with van der Waals surface area (Å²) in [5, 5.41) is 1.17. The summed E-state index contributed by atoms with van der Waals surface area (Å²) in [6.45, 7) is 0. The van der Waals surface area contributed by atoms with Crippen molar-refractivity contribution in [3.8, 4) is 11.3 Å². The molecular formula is C16H13IrNY-2. The minimum Gasteiger partial charge on any atom is -0.358 e. The number of aromatic nitrogens is 1. The predicted molar refractivity (Wildman–Crippen MR) is 72.4 cm³/mol. The molecule has 3 rings (SSSR count). The molecule has 0 aliphatic rings. The monoisotopic (exact) mass is 501 g/mol. The molecule has 1 aromatic heterocycles. The minimum atomic E-state index is 0. The smallest absolute Gasteiger partial charge is 0.0595 e. The van der Waals surface area contributed by atoms with Crippen LogP contribution in [0.3, 0.4) is 0 Å². The van der Waals surface area contributed by atoms with Gasteiger partial charge in [0.2, 0.25) is 0 Å². The van der Waals surface area contributed by atoms with E-state index in [2.05, 4.69) is 23.2 Å². The molecule has 0 bridgehead atoms. The van der Waals surface area contributed by atoms with Crippen molar-refractivity contribution in [1.29, 1.82) is 0 Å². The zero-order valence-corrected chi connectivity index (χ0v) is 15.9. The zero-order valence-electron chi connectivity index (χ0n) is 10.6. The van der Waals surface area contributed by atoms with Crippen molar-refractivity contribution in [2.45, 2.75) is 0 Å². The summed E-state index contributed by atoms with van der Waals surface area (Å²) in [6.07, 6.45) is 0. The van der Waals surface area contributed by atoms with Crippen LogP contribution in [-0.4, -0.2) is 4.98 Å². The van der Waals surface area contributed by atoms with Crippen molar-refractivity contribution in [1.82, 2.24) is 4.98 Å². The molecule has 0 fully saturated rings. The van der Waals surface area contributed by atoms with Crippen molar-refractivity contribution in [2.24, 2.45) is 0 Å². The molecule has 0 aliphatic carbocycles. The van der Waals surface area contributed by atoms with Gasteiger partial charge in [-0.1, -0.05) is 30.3 Å². The molecule has 0 spiro atoms. The van der Waals surface area contributed by atoms with Crippen molar-refractivity contribution in [3.63, 3.8) is 0 Å². The van der Waals surface area contributed by atoms with E-state index in [4.69, 9.17) is 0 Å². The van der Waals surface area contributed by atoms with E-state index in [9.17, 15) is 0 Å². The second-order valence-electron chi connectivity index (χ2n) is 3.67. The van der Waals surface area contributed by atoms with E-state index < -0.39 is 0 Å². The fourth-order valence-corrected chi connectivity index (χ4v) is 1.77. The van der Waals surface area contributed by atoms with Crippen LogP contribution in [0.2, 0.25) is 0 Å². The number of nitrogens with zero attached hydrogens (tertiary/aromatic N) is 1. The Bertz CT molecular complexity index is 626. The molecule has 1 nitrogen and oxygen atoms in total. The fraction of sp³-hybridized carbons (Fsp3) is 0. The van der Waals surface area contributed by atoms with Crippen LogP contribution in [0.5, 0.6) is 0 Å². The summed E-state index contributed by atoms with van der Waals surface area (Å²) in [7, 11) is 0. The summed E-state index contributed by atoms with van der Waals surface area (Å²) in [4.78, 5) is 4.61. The molecule has 0 N–H and O–H groups in total. The Hall–Kier alpha value is -0.397. The van der Waals surface area contributed by atoms with E-state index in [1.165, 1.54) is 5.39 Å². The largest absolute Gasteiger partial charge is 0.358 e. The average Bonchev–Trinajstić information content (AvgIpc) is 2.39. The molecule has 3 aromatic rings. The van der Waals surface area contributed by atoms with Gasteiger partial charge >= 0.3 is 0 Å². The molecule has 0 unspecified atom stereocenters. The van der Waals surface area contributed by atoms with Gasteiger partial charge in [-0.3, -0.25) is 4.98 Å². The van der Waals surface area contributed by atoms with Gasteiger partial charge in [0, 0.05) is 52.8 Å². The summed E-state index contributed by atoms with van der Waals surface area (Å²) in [6, 6.07) is 23.4. The zero-order chi connectivity index (χ0) is 10.8. The number of hydrogen-bond acceptors (Lipinski definition) is 1. The summed E-state index contributed by atoms with van der Waals surface area (Å²) in [5.41, 5.74) is 3.03. The first kappa shape index (κ1) is 18.6. The Balaban J connectivity index is 0.00000108. The third-order valence-corrected chi connectivity index (χ3v) is 2.58. The van der Waals surface area contributed by atoms with Crippen LogP contribution in [0.4, 0.5) is 0 Å². The van der Waals surface area contributed by atoms with Gasteiger partial charge in [-0.05, 0) is 17.1 Å². The van der Waals surface area contributed by atoms with Crippen LogP contribution in [0.25, 0.3) is 22.2 Å². The van der Waals surface area contributed by atoms with E-state index in [1.54, 1.807) is 0 Å². The third-order valence-electron chi connectivity index (χ3n) is 2.58. The third kappa shape index (κ3) is 4.29. The molecule has 3 heteroatoms. The van der Waals surface area contributed by atoms with Gasteiger partial charge in [-0.2, -0.15) is 0 Å². The van der Waals surface area contributed by atoms with E-state index in [0.29, 0.717) is 0 Å². The van der Waals surface area contributed by atoms with E-state index in [0.717, 1.165) is 16.8 Å². The second-order valence-corrected chi connectivity index (χ2v) is 3.67. The molecule has 2 aromatic carbocycles. The Kier molecular flexibility index (Phi) is 8.53. The van der Waals surface area contributed by atoms with Crippen LogP contribution in [0, 0.1) is 13.5 Å². The first-order valence-corrected chi connectivity index (χ1v) is 5.26. The fourth-order valence-electron chi connectivity index (χ4n) is 1.77. The number of benzene rings is 2. The molecular weight excluding hydrogens is 487 g/mol. The van der Waals surface area contributed by atoms with Crippen LogP contribution in [0.15, 0.2) is 60.7 Å². The normalized spacial score (nSPS) is 8.84. The van der Waals surface area contributed by atoms with Gasteiger partial charge in [-0.15, -0.1) is 35.9 Å². The predicted octanol–water partition coefficient (Wildman–Crippen LogP) is 4.15. The van der Waals surface area contributed by atoms with Gasteiger partial charge in [0.1, 0.15) is 0 Å². The van der Waals surface area contributed by atoms with Crippen molar-refractivity contribution < 1.29 is 52.8 Å². The first-order chi connectivity index (χ1) is 7.93. The average molecular weight is 500 g/mol. The molecule has 0 amide bonds. The molecule has 2 radical (unpaired) electrons. The Morgan fingerprint density at radius 2 is 1.58 bits per heavy atom. The van der Waals surface area contributed by atoms with Gasteiger partial charge in [-0.25, -0.2) is 0 Å². The summed E-state index contributed by atoms with van der Waals surface area (Å²) in [5.74, 6) is 0. The second kappa shape index (κ2) is 8.71. The Morgan fingerprint density at radius 1 is 0.842 bits per heavy atom. The van der Waals surface area contributed by atoms with Crippen LogP contribution >= 0.6 is 0 Å². The number of hydrogen-bond donors (Lipinski definition) is 0. The first-order valence-electron chi connectivity index (χ1n) is 5.26. The van der Waals surface area contributed by atoms with Crippen LogP contribution in [0.1, 0.15) is 0 Å². The van der Waals surface area contributed by atoms with Crippen LogP contribution in [-0.2, 0) is 52.8 Å². The number of para-hydroxylation sites is 1. The minimum absolute atomic E-state index is 0. The maximum Gasteiger partial charge on any atom is 0.0595 e. The molecule has 0 atom stereocenters. The van der Waals surface area contributed by atoms with Gasteiger partial charge in [0.15, 0.2) is 0 Å². The number of rotatable bonds is 1. The number of pyridine rings is 1. The molecule has 0 saturated carbocycles. The SMILES string of the molecule is [CH3-].[Ir].[Y].[c-]1ccccc1-c1ccc2ccccc2n1. The van der Waals surface area contributed by atoms with Gasteiger partial charge in [0.05, 0.1) is 5.52 Å². The van der Waals surface area contributed by atoms with Gasteiger partial charge in [0.25, 0.3) is 0 Å². The molecule has 0 aliphatic heterocycles. The van der Waals surface area contributed by atoms with E-state index in [-0.39, 0.29) is 60.2 Å². The Morgan fingerprint density at radius 3 is 2.32 bits per heavy atom. The Labute approximate surface area is 153 Å². The summed E-state index contributed by atoms with van der Waals surface area (Å²) >= 11 is 0. The number of fused-ring (bicyclic) bond motifs is 1. The molecule has 1 heterocycles. The van der Waals surface area contributed by atoms with Crippen molar-refractivity contribution in [2.75, 3.05) is 0 Å². The molecule has 19 heavy (non-hydrogen) atoms. The van der Waals surface area contributed by atoms with E-state index >= 15 is 0 Å². The maximum absolute atomic E-state index is 4.61. The topological polar surface area (TPSA) is 12.9 Å². The van der Waals surface area contributed by atoms with Crippen molar-refractivity contribution in [3.05, 3.63) is 74.2 Å². The van der Waals surface area contributed by atoms with Crippen LogP contribution < -0.4 is 0 Å². The molecule has 0 saturated heterocycles.